The molecule has 0 atom stereocenters. The van der Waals surface area contributed by atoms with E-state index in [2.05, 4.69) is 57.8 Å². The van der Waals surface area contributed by atoms with E-state index in [0.717, 1.165) is 49.6 Å². The van der Waals surface area contributed by atoms with Crippen LogP contribution in [0.5, 0.6) is 0 Å². The fourth-order valence-corrected chi connectivity index (χ4v) is 5.24. The standard InChI is InChI=1S/C23H21BrN2O2S/c1-13(2)25-22(27)21(29-23(25)28)12-16-11-14(3)26(15(16)4)20-10-9-19(24)17-7-5-6-8-18(17)20/h5-13H,1-4H3/b21-12-. The highest BCUT2D eigenvalue weighted by molar-refractivity contribution is 9.10. The van der Waals surface area contributed by atoms with Gasteiger partial charge in [-0.25, -0.2) is 0 Å². The highest BCUT2D eigenvalue weighted by Gasteiger charge is 2.36. The maximum absolute atomic E-state index is 12.7. The second-order valence-electron chi connectivity index (χ2n) is 7.42. The van der Waals surface area contributed by atoms with Crippen LogP contribution < -0.4 is 0 Å². The summed E-state index contributed by atoms with van der Waals surface area (Å²) < 4.78 is 3.26. The lowest BCUT2D eigenvalue weighted by Crippen LogP contribution is -2.34. The Labute approximate surface area is 182 Å². The minimum atomic E-state index is -0.214. The van der Waals surface area contributed by atoms with Gasteiger partial charge in [-0.15, -0.1) is 0 Å². The molecule has 4 rings (SSSR count). The highest BCUT2D eigenvalue weighted by Crippen LogP contribution is 2.36. The zero-order valence-electron chi connectivity index (χ0n) is 16.7. The summed E-state index contributed by atoms with van der Waals surface area (Å²) in [4.78, 5) is 26.6. The van der Waals surface area contributed by atoms with E-state index in [0.29, 0.717) is 4.91 Å². The first kappa shape index (κ1) is 20.0. The predicted octanol–water partition coefficient (Wildman–Crippen LogP) is 6.45. The van der Waals surface area contributed by atoms with Gasteiger partial charge in [-0.3, -0.25) is 14.5 Å². The molecule has 0 radical (unpaired) electrons. The topological polar surface area (TPSA) is 42.3 Å². The maximum Gasteiger partial charge on any atom is 0.293 e. The molecule has 2 heterocycles. The molecule has 0 spiro atoms. The Bertz CT molecular complexity index is 1190. The van der Waals surface area contributed by atoms with Crippen LogP contribution in [0.25, 0.3) is 22.5 Å². The fraction of sp³-hybridized carbons (Fsp3) is 0.217. The Morgan fingerprint density at radius 1 is 1.03 bits per heavy atom. The number of carbonyl (C=O) groups is 2. The lowest BCUT2D eigenvalue weighted by molar-refractivity contribution is -0.123. The minimum absolute atomic E-state index is 0.144. The van der Waals surface area contributed by atoms with Gasteiger partial charge in [-0.1, -0.05) is 40.2 Å². The van der Waals surface area contributed by atoms with Crippen molar-refractivity contribution in [3.63, 3.8) is 0 Å². The van der Waals surface area contributed by atoms with Crippen molar-refractivity contribution in [1.82, 2.24) is 9.47 Å². The van der Waals surface area contributed by atoms with Gasteiger partial charge < -0.3 is 4.57 Å². The third kappa shape index (κ3) is 3.34. The molecular weight excluding hydrogens is 448 g/mol. The molecule has 1 aliphatic rings. The molecule has 1 saturated heterocycles. The Kier molecular flexibility index (Phi) is 5.17. The van der Waals surface area contributed by atoms with Crippen molar-refractivity contribution in [3.05, 3.63) is 68.8 Å². The van der Waals surface area contributed by atoms with Crippen LogP contribution in [0.4, 0.5) is 4.79 Å². The first-order chi connectivity index (χ1) is 13.8. The van der Waals surface area contributed by atoms with Crippen molar-refractivity contribution in [2.75, 3.05) is 0 Å². The number of rotatable bonds is 3. The van der Waals surface area contributed by atoms with Crippen molar-refractivity contribution in [2.45, 2.75) is 33.7 Å². The van der Waals surface area contributed by atoms with E-state index in [1.165, 1.54) is 4.90 Å². The molecule has 0 saturated carbocycles. The summed E-state index contributed by atoms with van der Waals surface area (Å²) in [5, 5.41) is 2.09. The average molecular weight is 469 g/mol. The van der Waals surface area contributed by atoms with Crippen molar-refractivity contribution in [3.8, 4) is 5.69 Å². The molecule has 2 amide bonds. The number of halogens is 1. The Morgan fingerprint density at radius 3 is 2.38 bits per heavy atom. The van der Waals surface area contributed by atoms with Gasteiger partial charge in [-0.2, -0.15) is 0 Å². The number of aromatic nitrogens is 1. The molecule has 0 aliphatic carbocycles. The zero-order valence-corrected chi connectivity index (χ0v) is 19.1. The molecule has 0 N–H and O–H groups in total. The Balaban J connectivity index is 1.83. The summed E-state index contributed by atoms with van der Waals surface area (Å²) >= 11 is 4.65. The summed E-state index contributed by atoms with van der Waals surface area (Å²) in [5.41, 5.74) is 4.15. The summed E-state index contributed by atoms with van der Waals surface area (Å²) in [6, 6.07) is 14.4. The van der Waals surface area contributed by atoms with Crippen molar-refractivity contribution >= 4 is 55.7 Å². The molecule has 0 unspecified atom stereocenters. The van der Waals surface area contributed by atoms with Crippen LogP contribution in [-0.2, 0) is 4.79 Å². The van der Waals surface area contributed by atoms with Crippen LogP contribution in [-0.4, -0.2) is 26.7 Å². The number of nitrogens with zero attached hydrogens (tertiary/aromatic N) is 2. The molecule has 29 heavy (non-hydrogen) atoms. The van der Waals surface area contributed by atoms with Gasteiger partial charge >= 0.3 is 0 Å². The second-order valence-corrected chi connectivity index (χ2v) is 9.27. The van der Waals surface area contributed by atoms with E-state index in [1.807, 2.05) is 39.0 Å². The van der Waals surface area contributed by atoms with Gasteiger partial charge in [0.05, 0.1) is 10.6 Å². The van der Waals surface area contributed by atoms with Crippen LogP contribution in [0.1, 0.15) is 30.8 Å². The molecular formula is C23H21BrN2O2S. The van der Waals surface area contributed by atoms with Gasteiger partial charge in [0.2, 0.25) is 0 Å². The van der Waals surface area contributed by atoms with Crippen LogP contribution in [0.2, 0.25) is 0 Å². The zero-order chi connectivity index (χ0) is 20.9. The number of fused-ring (bicyclic) bond motifs is 1. The highest BCUT2D eigenvalue weighted by atomic mass is 79.9. The quantitative estimate of drug-likeness (QED) is 0.414. The van der Waals surface area contributed by atoms with Gasteiger partial charge in [0.1, 0.15) is 0 Å². The van der Waals surface area contributed by atoms with E-state index in [9.17, 15) is 9.59 Å². The summed E-state index contributed by atoms with van der Waals surface area (Å²) in [5.74, 6) is -0.214. The van der Waals surface area contributed by atoms with Gasteiger partial charge in [0, 0.05) is 27.3 Å². The van der Waals surface area contributed by atoms with Crippen LogP contribution in [0.3, 0.4) is 0 Å². The van der Waals surface area contributed by atoms with E-state index in [1.54, 1.807) is 0 Å². The molecule has 1 aliphatic heterocycles. The lowest BCUT2D eigenvalue weighted by Gasteiger charge is -2.16. The Morgan fingerprint density at radius 2 is 1.72 bits per heavy atom. The molecule has 4 nitrogen and oxygen atoms in total. The summed E-state index contributed by atoms with van der Waals surface area (Å²) in [6.07, 6.45) is 1.84. The van der Waals surface area contributed by atoms with Crippen LogP contribution in [0.15, 0.2) is 51.8 Å². The number of hydrogen-bond donors (Lipinski definition) is 0. The minimum Gasteiger partial charge on any atom is -0.317 e. The fourth-order valence-electron chi connectivity index (χ4n) is 3.81. The van der Waals surface area contributed by atoms with E-state index in [-0.39, 0.29) is 17.2 Å². The lowest BCUT2D eigenvalue weighted by atomic mass is 10.1. The van der Waals surface area contributed by atoms with E-state index in [4.69, 9.17) is 0 Å². The average Bonchev–Trinajstić information content (AvgIpc) is 3.11. The Hall–Kier alpha value is -2.31. The third-order valence-electron chi connectivity index (χ3n) is 5.19. The number of carbonyl (C=O) groups excluding carboxylic acids is 2. The number of thioether (sulfide) groups is 1. The van der Waals surface area contributed by atoms with Gasteiger partial charge in [0.15, 0.2) is 0 Å². The number of aryl methyl sites for hydroxylation is 1. The van der Waals surface area contributed by atoms with Crippen LogP contribution >= 0.6 is 27.7 Å². The van der Waals surface area contributed by atoms with E-state index < -0.39 is 0 Å². The normalized spacial score (nSPS) is 16.1. The largest absolute Gasteiger partial charge is 0.317 e. The molecule has 0 bridgehead atoms. The second kappa shape index (κ2) is 7.50. The smallest absolute Gasteiger partial charge is 0.293 e. The van der Waals surface area contributed by atoms with Crippen molar-refractivity contribution < 1.29 is 9.59 Å². The number of hydrogen-bond acceptors (Lipinski definition) is 3. The molecule has 1 fully saturated rings. The molecule has 6 heteroatoms. The number of amides is 2. The number of benzene rings is 2. The van der Waals surface area contributed by atoms with Crippen molar-refractivity contribution in [2.24, 2.45) is 0 Å². The van der Waals surface area contributed by atoms with E-state index >= 15 is 0 Å². The van der Waals surface area contributed by atoms with Crippen molar-refractivity contribution in [1.29, 1.82) is 0 Å². The molecule has 3 aromatic rings. The monoisotopic (exact) mass is 468 g/mol. The van der Waals surface area contributed by atoms with Gasteiger partial charge in [0.25, 0.3) is 11.1 Å². The molecule has 148 valence electrons. The molecule has 2 aromatic carbocycles. The SMILES string of the molecule is Cc1cc(/C=C2\SC(=O)N(C(C)C)C2=O)c(C)n1-c1ccc(Br)c2ccccc12. The first-order valence-electron chi connectivity index (χ1n) is 9.43. The summed E-state index contributed by atoms with van der Waals surface area (Å²) in [7, 11) is 0. The first-order valence-corrected chi connectivity index (χ1v) is 11.0. The number of imide groups is 1. The third-order valence-corrected chi connectivity index (χ3v) is 6.76. The van der Waals surface area contributed by atoms with Crippen LogP contribution in [0, 0.1) is 13.8 Å². The summed E-state index contributed by atoms with van der Waals surface area (Å²) in [6.45, 7) is 7.80. The maximum atomic E-state index is 12.7. The van der Waals surface area contributed by atoms with Gasteiger partial charge in [-0.05, 0) is 74.7 Å². The molecule has 1 aromatic heterocycles. The predicted molar refractivity (Wildman–Crippen MR) is 123 cm³/mol.